The lowest BCUT2D eigenvalue weighted by Crippen LogP contribution is -2.37. The van der Waals surface area contributed by atoms with Crippen LogP contribution < -0.4 is 32.5 Å². The molecule has 3 aromatic carbocycles. The van der Waals surface area contributed by atoms with Crippen LogP contribution in [0.5, 0.6) is 0 Å². The highest BCUT2D eigenvalue weighted by Crippen LogP contribution is 2.34. The molecule has 0 aliphatic heterocycles. The third kappa shape index (κ3) is 5.24. The van der Waals surface area contributed by atoms with Crippen molar-refractivity contribution in [1.82, 2.24) is 30.2 Å². The van der Waals surface area contributed by atoms with E-state index >= 15 is 0 Å². The third-order valence-corrected chi connectivity index (χ3v) is 7.86. The summed E-state index contributed by atoms with van der Waals surface area (Å²) in [6, 6.07) is 8.47. The molecule has 0 saturated carbocycles. The number of fused-ring (bicyclic) bond motifs is 2. The topological polar surface area (TPSA) is 211 Å². The maximum atomic E-state index is 14.4. The maximum absolute atomic E-state index is 14.4. The van der Waals surface area contributed by atoms with Crippen molar-refractivity contribution in [2.75, 3.05) is 11.1 Å². The lowest BCUT2D eigenvalue weighted by atomic mass is 9.98. The Morgan fingerprint density at radius 3 is 2.62 bits per heavy atom. The van der Waals surface area contributed by atoms with E-state index in [1.54, 1.807) is 13.0 Å². The van der Waals surface area contributed by atoms with E-state index in [0.29, 0.717) is 24.0 Å². The minimum absolute atomic E-state index is 0.0414. The SMILES string of the molecule is Cc1c(C(=O)O)ccc2c1CC[C@@H]2NC(=O)c1nc(C(=O)NCc2ccc(F)c(CNc3c(N)c(=O)c3=O)c2)nc2ccnn12. The van der Waals surface area contributed by atoms with Gasteiger partial charge in [0.1, 0.15) is 17.2 Å². The van der Waals surface area contributed by atoms with Crippen molar-refractivity contribution in [2.45, 2.75) is 38.9 Å². The number of anilines is 2. The first-order valence-electron chi connectivity index (χ1n) is 13.8. The molecule has 14 nitrogen and oxygen atoms in total. The van der Waals surface area contributed by atoms with Crippen molar-refractivity contribution in [1.29, 1.82) is 0 Å². The van der Waals surface area contributed by atoms with Gasteiger partial charge >= 0.3 is 5.97 Å². The van der Waals surface area contributed by atoms with Crippen LogP contribution >= 0.6 is 0 Å². The molecule has 15 heteroatoms. The zero-order valence-electron chi connectivity index (χ0n) is 23.7. The number of nitrogens with zero attached hydrogens (tertiary/aromatic N) is 4. The fourth-order valence-electron chi connectivity index (χ4n) is 5.46. The van der Waals surface area contributed by atoms with Gasteiger partial charge in [0, 0.05) is 24.7 Å². The number of aromatic nitrogens is 4. The standard InChI is InChI=1S/C30H25FN8O6/c1-13-16-5-7-20(18(16)4-3-17(13)30(44)45)36-29(43)27-38-26(37-21-8-9-35-39(21)27)28(42)34-11-14-2-6-19(31)15(10-14)12-33-23-22(32)24(40)25(23)41/h2-4,6,8-10,20,33H,5,7,11-12,32H2,1H3,(H,34,42)(H,36,43)(H,44,45)/t20-/m0/s1. The van der Waals surface area contributed by atoms with Crippen LogP contribution in [0.2, 0.25) is 0 Å². The molecule has 5 aromatic rings. The molecule has 0 saturated heterocycles. The summed E-state index contributed by atoms with van der Waals surface area (Å²) >= 11 is 0. The summed E-state index contributed by atoms with van der Waals surface area (Å²) in [6.07, 6.45) is 2.56. The summed E-state index contributed by atoms with van der Waals surface area (Å²) in [5, 5.41) is 21.8. The van der Waals surface area contributed by atoms with Gasteiger partial charge in [-0.2, -0.15) is 14.6 Å². The second kappa shape index (κ2) is 11.3. The van der Waals surface area contributed by atoms with Crippen molar-refractivity contribution in [2.24, 2.45) is 0 Å². The van der Waals surface area contributed by atoms with Crippen LogP contribution in [0.15, 0.2) is 52.2 Å². The minimum Gasteiger partial charge on any atom is -0.478 e. The average molecular weight is 613 g/mol. The van der Waals surface area contributed by atoms with Gasteiger partial charge in [0.2, 0.25) is 11.6 Å². The number of amides is 2. The van der Waals surface area contributed by atoms with Crippen molar-refractivity contribution in [3.63, 3.8) is 0 Å². The average Bonchev–Trinajstić information content (AvgIpc) is 3.68. The van der Waals surface area contributed by atoms with Crippen LogP contribution in [-0.2, 0) is 19.5 Å². The number of nitrogen functional groups attached to an aromatic ring is 1. The molecule has 1 aliphatic rings. The zero-order chi connectivity index (χ0) is 32.0. The summed E-state index contributed by atoms with van der Waals surface area (Å²) in [5.74, 6) is -3.34. The predicted molar refractivity (Wildman–Crippen MR) is 158 cm³/mol. The van der Waals surface area contributed by atoms with Gasteiger partial charge in [0.05, 0.1) is 17.8 Å². The highest BCUT2D eigenvalue weighted by Gasteiger charge is 2.29. The first kappa shape index (κ1) is 29.1. The Hall–Kier alpha value is -5.99. The summed E-state index contributed by atoms with van der Waals surface area (Å²) in [6.45, 7) is 1.58. The fraction of sp³-hybridized carbons (Fsp3) is 0.200. The quantitative estimate of drug-likeness (QED) is 0.150. The second-order valence-electron chi connectivity index (χ2n) is 10.6. The lowest BCUT2D eigenvalue weighted by molar-refractivity contribution is 0.0695. The number of hydrogen-bond acceptors (Lipinski definition) is 10. The van der Waals surface area contributed by atoms with Gasteiger partial charge in [-0.25, -0.2) is 14.2 Å². The molecule has 0 fully saturated rings. The molecule has 0 bridgehead atoms. The van der Waals surface area contributed by atoms with Crippen LogP contribution in [-0.4, -0.2) is 42.5 Å². The predicted octanol–water partition coefficient (Wildman–Crippen LogP) is 1.41. The van der Waals surface area contributed by atoms with Gasteiger partial charge in [-0.3, -0.25) is 19.2 Å². The summed E-state index contributed by atoms with van der Waals surface area (Å²) in [7, 11) is 0. The Bertz CT molecular complexity index is 2120. The van der Waals surface area contributed by atoms with E-state index in [1.165, 1.54) is 41.0 Å². The molecule has 6 rings (SSSR count). The largest absolute Gasteiger partial charge is 0.478 e. The smallest absolute Gasteiger partial charge is 0.335 e. The van der Waals surface area contributed by atoms with Gasteiger partial charge < -0.3 is 26.8 Å². The Morgan fingerprint density at radius 2 is 1.87 bits per heavy atom. The van der Waals surface area contributed by atoms with E-state index in [-0.39, 0.29) is 52.9 Å². The zero-order valence-corrected chi connectivity index (χ0v) is 23.7. The van der Waals surface area contributed by atoms with Gasteiger partial charge in [0.25, 0.3) is 22.7 Å². The van der Waals surface area contributed by atoms with E-state index in [0.717, 1.165) is 11.1 Å². The molecular formula is C30H25FN8O6. The van der Waals surface area contributed by atoms with Crippen molar-refractivity contribution in [3.8, 4) is 0 Å². The van der Waals surface area contributed by atoms with Crippen LogP contribution in [0.3, 0.4) is 0 Å². The van der Waals surface area contributed by atoms with Crippen LogP contribution in [0.4, 0.5) is 15.8 Å². The number of carbonyl (C=O) groups excluding carboxylic acids is 2. The number of carboxylic acid groups (broad SMARTS) is 1. The second-order valence-corrected chi connectivity index (χ2v) is 10.6. The molecule has 2 amide bonds. The van der Waals surface area contributed by atoms with E-state index < -0.39 is 40.5 Å². The molecule has 6 N–H and O–H groups in total. The van der Waals surface area contributed by atoms with E-state index in [9.17, 15) is 33.5 Å². The number of halogens is 1. The number of nitrogens with one attached hydrogen (secondary N) is 3. The number of nitrogens with two attached hydrogens (primary N) is 1. The van der Waals surface area contributed by atoms with Gasteiger partial charge in [-0.05, 0) is 60.2 Å². The molecule has 0 unspecified atom stereocenters. The molecule has 1 aliphatic carbocycles. The molecular weight excluding hydrogens is 587 g/mol. The number of aromatic carboxylic acids is 1. The summed E-state index contributed by atoms with van der Waals surface area (Å²) in [4.78, 5) is 69.4. The van der Waals surface area contributed by atoms with Gasteiger partial charge in [0.15, 0.2) is 5.65 Å². The minimum atomic E-state index is -1.02. The highest BCUT2D eigenvalue weighted by molar-refractivity contribution is 5.95. The molecule has 0 spiro atoms. The monoisotopic (exact) mass is 612 g/mol. The summed E-state index contributed by atoms with van der Waals surface area (Å²) < 4.78 is 15.6. The molecule has 2 aromatic heterocycles. The van der Waals surface area contributed by atoms with Crippen LogP contribution in [0.1, 0.15) is 71.9 Å². The Morgan fingerprint density at radius 1 is 1.07 bits per heavy atom. The summed E-state index contributed by atoms with van der Waals surface area (Å²) in [5.41, 5.74) is 7.14. The lowest BCUT2D eigenvalue weighted by Gasteiger charge is -2.16. The first-order valence-corrected chi connectivity index (χ1v) is 13.8. The Kier molecular flexibility index (Phi) is 7.28. The van der Waals surface area contributed by atoms with E-state index in [4.69, 9.17) is 5.73 Å². The van der Waals surface area contributed by atoms with E-state index in [2.05, 4.69) is 31.0 Å². The van der Waals surface area contributed by atoms with Crippen LogP contribution in [0, 0.1) is 12.7 Å². The third-order valence-electron chi connectivity index (χ3n) is 7.86. The number of benzene rings is 2. The highest BCUT2D eigenvalue weighted by atomic mass is 19.1. The molecule has 2 heterocycles. The number of carboxylic acids is 1. The van der Waals surface area contributed by atoms with Crippen molar-refractivity contribution in [3.05, 3.63) is 114 Å². The normalized spacial score (nSPS) is 14.0. The van der Waals surface area contributed by atoms with Crippen molar-refractivity contribution >= 4 is 34.8 Å². The number of rotatable bonds is 9. The van der Waals surface area contributed by atoms with Crippen LogP contribution in [0.25, 0.3) is 5.65 Å². The molecule has 45 heavy (non-hydrogen) atoms. The Balaban J connectivity index is 1.17. The van der Waals surface area contributed by atoms with Gasteiger partial charge in [-0.1, -0.05) is 12.1 Å². The number of carbonyl (C=O) groups is 3. The van der Waals surface area contributed by atoms with Gasteiger partial charge in [-0.15, -0.1) is 0 Å². The molecule has 228 valence electrons. The first-order chi connectivity index (χ1) is 21.5. The molecule has 1 atom stereocenters. The number of hydrogen-bond donors (Lipinski definition) is 5. The van der Waals surface area contributed by atoms with E-state index in [1.807, 2.05) is 0 Å². The molecule has 0 radical (unpaired) electrons. The van der Waals surface area contributed by atoms with Crippen molar-refractivity contribution < 1.29 is 23.9 Å². The fourth-order valence-corrected chi connectivity index (χ4v) is 5.46. The Labute approximate surface area is 252 Å². The maximum Gasteiger partial charge on any atom is 0.335 e.